The van der Waals surface area contributed by atoms with Gasteiger partial charge in [-0.1, -0.05) is 0 Å². The summed E-state index contributed by atoms with van der Waals surface area (Å²) in [5, 5.41) is 0. The third-order valence-electron chi connectivity index (χ3n) is 2.76. The zero-order valence-corrected chi connectivity index (χ0v) is 15.0. The number of halogens is 2. The summed E-state index contributed by atoms with van der Waals surface area (Å²) in [7, 11) is 0. The van der Waals surface area contributed by atoms with E-state index >= 15 is 0 Å². The average Bonchev–Trinajstić information content (AvgIpc) is 2.34. The Morgan fingerprint density at radius 1 is 0.647 bits per heavy atom. The number of benzene rings is 2. The monoisotopic (exact) mass is 420 g/mol. The first kappa shape index (κ1) is 12.7. The van der Waals surface area contributed by atoms with E-state index in [0.717, 1.165) is 7.86 Å². The van der Waals surface area contributed by atoms with E-state index in [1.165, 1.54) is 35.4 Å². The summed E-state index contributed by atoms with van der Waals surface area (Å²) in [5.74, 6) is -0.354. The first-order valence-electron chi connectivity index (χ1n) is 5.73. The maximum atomic E-state index is 12.7. The van der Waals surface area contributed by atoms with Crippen LogP contribution in [0, 0.1) is 11.6 Å². The molecular formula is C14H12F2Hg. The predicted molar refractivity (Wildman–Crippen MR) is 60.2 cm³/mol. The Balaban J connectivity index is 1.83. The van der Waals surface area contributed by atoms with Gasteiger partial charge in [-0.2, -0.15) is 0 Å². The van der Waals surface area contributed by atoms with Crippen molar-refractivity contribution < 1.29 is 33.4 Å². The van der Waals surface area contributed by atoms with Crippen LogP contribution >= 0.6 is 0 Å². The number of rotatable bonds is 4. The Morgan fingerprint density at radius 2 is 1.00 bits per heavy atom. The van der Waals surface area contributed by atoms with Gasteiger partial charge < -0.3 is 0 Å². The van der Waals surface area contributed by atoms with Crippen LogP contribution in [0.2, 0.25) is 0 Å². The van der Waals surface area contributed by atoms with Crippen molar-refractivity contribution in [2.75, 3.05) is 0 Å². The van der Waals surface area contributed by atoms with Crippen LogP contribution in [0.3, 0.4) is 0 Å². The van der Waals surface area contributed by atoms with Crippen molar-refractivity contribution in [2.24, 2.45) is 0 Å². The van der Waals surface area contributed by atoms with Crippen LogP contribution in [-0.2, 0) is 32.4 Å². The van der Waals surface area contributed by atoms with Gasteiger partial charge in [-0.25, -0.2) is 0 Å². The zero-order valence-electron chi connectivity index (χ0n) is 9.50. The Bertz CT molecular complexity index is 417. The zero-order chi connectivity index (χ0) is 12.1. The molecule has 0 nitrogen and oxygen atoms in total. The Labute approximate surface area is 112 Å². The molecule has 0 aliphatic carbocycles. The molecule has 0 radical (unpaired) electrons. The molecule has 84 valence electrons. The van der Waals surface area contributed by atoms with Crippen molar-refractivity contribution in [3.05, 3.63) is 71.3 Å². The van der Waals surface area contributed by atoms with Crippen molar-refractivity contribution in [3.8, 4) is 0 Å². The van der Waals surface area contributed by atoms with E-state index in [1.807, 2.05) is 24.3 Å². The maximum absolute atomic E-state index is 12.7. The van der Waals surface area contributed by atoms with E-state index in [1.54, 1.807) is 0 Å². The molecule has 0 fully saturated rings. The van der Waals surface area contributed by atoms with Crippen molar-refractivity contribution >= 4 is 0 Å². The summed E-state index contributed by atoms with van der Waals surface area (Å²) in [6, 6.07) is 13.5. The Hall–Kier alpha value is -0.765. The molecule has 0 bridgehead atoms. The molecule has 0 heterocycles. The first-order valence-corrected chi connectivity index (χ1v) is 13.5. The summed E-state index contributed by atoms with van der Waals surface area (Å²) in [5.41, 5.74) is 2.46. The fourth-order valence-corrected chi connectivity index (χ4v) is 8.25. The van der Waals surface area contributed by atoms with Crippen molar-refractivity contribution in [1.82, 2.24) is 0 Å². The van der Waals surface area contributed by atoms with Crippen LogP contribution < -0.4 is 0 Å². The van der Waals surface area contributed by atoms with E-state index in [2.05, 4.69) is 0 Å². The molecule has 2 rings (SSSR count). The summed E-state index contributed by atoms with van der Waals surface area (Å²) >= 11 is -0.998. The molecule has 0 atom stereocenters. The second-order valence-electron chi connectivity index (χ2n) is 4.11. The molecule has 0 saturated heterocycles. The van der Waals surface area contributed by atoms with Crippen LogP contribution in [0.15, 0.2) is 48.5 Å². The molecule has 0 aliphatic heterocycles. The van der Waals surface area contributed by atoms with Gasteiger partial charge in [0.2, 0.25) is 0 Å². The molecule has 0 spiro atoms. The standard InChI is InChI=1S/2C7H6F.Hg/c2*1-6-2-4-7(8)5-3-6;/h2*2-5H,1H2;. The van der Waals surface area contributed by atoms with E-state index in [9.17, 15) is 8.78 Å². The van der Waals surface area contributed by atoms with Gasteiger partial charge in [-0.3, -0.25) is 0 Å². The van der Waals surface area contributed by atoms with Gasteiger partial charge in [-0.05, 0) is 0 Å². The van der Waals surface area contributed by atoms with Crippen molar-refractivity contribution in [1.29, 1.82) is 0 Å². The molecule has 0 amide bonds. The van der Waals surface area contributed by atoms with Gasteiger partial charge in [0.25, 0.3) is 0 Å². The fraction of sp³-hybridized carbons (Fsp3) is 0.143. The first-order chi connectivity index (χ1) is 8.24. The normalized spacial score (nSPS) is 10.0. The second-order valence-corrected chi connectivity index (χ2v) is 10.7. The quantitative estimate of drug-likeness (QED) is 0.663. The molecule has 0 N–H and O–H groups in total. The molecule has 0 saturated carbocycles. The van der Waals surface area contributed by atoms with Gasteiger partial charge in [-0.15, -0.1) is 0 Å². The number of hydrogen-bond donors (Lipinski definition) is 0. The van der Waals surface area contributed by atoms with E-state index in [0.29, 0.717) is 0 Å². The third kappa shape index (κ3) is 4.19. The molecule has 0 aromatic heterocycles. The molecule has 2 aromatic carbocycles. The topological polar surface area (TPSA) is 0 Å². The molecule has 2 aromatic rings. The van der Waals surface area contributed by atoms with Crippen molar-refractivity contribution in [3.63, 3.8) is 0 Å². The van der Waals surface area contributed by atoms with Gasteiger partial charge in [0.05, 0.1) is 0 Å². The van der Waals surface area contributed by atoms with Crippen LogP contribution in [0.1, 0.15) is 11.1 Å². The van der Waals surface area contributed by atoms with Crippen molar-refractivity contribution in [2.45, 2.75) is 7.86 Å². The summed E-state index contributed by atoms with van der Waals surface area (Å²) in [6.45, 7) is 0. The Kier molecular flexibility index (Phi) is 4.66. The Morgan fingerprint density at radius 3 is 1.35 bits per heavy atom. The second kappa shape index (κ2) is 6.24. The molecule has 0 aliphatic rings. The fourth-order valence-electron chi connectivity index (χ4n) is 1.80. The summed E-state index contributed by atoms with van der Waals surface area (Å²) in [4.78, 5) is 0. The predicted octanol–water partition coefficient (Wildman–Crippen LogP) is 3.75. The van der Waals surface area contributed by atoms with Gasteiger partial charge >= 0.3 is 113 Å². The summed E-state index contributed by atoms with van der Waals surface area (Å²) < 4.78 is 27.7. The third-order valence-corrected chi connectivity index (χ3v) is 10.00. The van der Waals surface area contributed by atoms with E-state index in [4.69, 9.17) is 0 Å². The average molecular weight is 419 g/mol. The van der Waals surface area contributed by atoms with Crippen LogP contribution in [0.4, 0.5) is 8.78 Å². The number of hydrogen-bond acceptors (Lipinski definition) is 0. The van der Waals surface area contributed by atoms with E-state index in [-0.39, 0.29) is 11.6 Å². The summed E-state index contributed by atoms with van der Waals surface area (Å²) in [6.07, 6.45) is 0. The molecule has 3 heteroatoms. The van der Waals surface area contributed by atoms with Gasteiger partial charge in [0.15, 0.2) is 0 Å². The molecule has 17 heavy (non-hydrogen) atoms. The van der Waals surface area contributed by atoms with E-state index < -0.39 is 24.6 Å². The van der Waals surface area contributed by atoms with Gasteiger partial charge in [0, 0.05) is 0 Å². The molecule has 0 unspecified atom stereocenters. The van der Waals surface area contributed by atoms with Gasteiger partial charge in [0.1, 0.15) is 0 Å². The van der Waals surface area contributed by atoms with Crippen LogP contribution in [0.5, 0.6) is 0 Å². The minimum absolute atomic E-state index is 0.177. The SMILES string of the molecule is Fc1ccc([CH2][Hg][CH2]c2ccc(F)cc2)cc1. The van der Waals surface area contributed by atoms with Crippen LogP contribution in [-0.4, -0.2) is 0 Å². The molecular weight excluding hydrogens is 407 g/mol. The van der Waals surface area contributed by atoms with Crippen LogP contribution in [0.25, 0.3) is 0 Å². The minimum atomic E-state index is -0.998.